The van der Waals surface area contributed by atoms with E-state index in [1.54, 1.807) is 45.3 Å². The van der Waals surface area contributed by atoms with Crippen LogP contribution >= 0.6 is 0 Å². The van der Waals surface area contributed by atoms with Crippen molar-refractivity contribution in [2.24, 2.45) is 0 Å². The number of carbonyl (C=O) groups is 2. The summed E-state index contributed by atoms with van der Waals surface area (Å²) in [5.41, 5.74) is 0.871. The van der Waals surface area contributed by atoms with E-state index in [1.165, 1.54) is 29.2 Å². The molecule has 0 heterocycles. The molecule has 0 saturated carbocycles. The number of likely N-dealkylation sites (N-methyl/N-ethyl adjacent to an activating group) is 1. The Morgan fingerprint density at radius 1 is 1.03 bits per heavy atom. The summed E-state index contributed by atoms with van der Waals surface area (Å²) in [5.74, 6) is -0.0194. The molecule has 1 unspecified atom stereocenters. The molecule has 2 rings (SSSR count). The molecule has 0 aliphatic heterocycles. The maximum Gasteiger partial charge on any atom is 0.259 e. The third-order valence-electron chi connectivity index (χ3n) is 4.37. The number of hydrogen-bond acceptors (Lipinski definition) is 5. The van der Waals surface area contributed by atoms with Gasteiger partial charge >= 0.3 is 0 Å². The fourth-order valence-corrected chi connectivity index (χ4v) is 3.64. The summed E-state index contributed by atoms with van der Waals surface area (Å²) < 4.78 is 32.5. The predicted molar refractivity (Wildman–Crippen MR) is 115 cm³/mol. The molecule has 0 aliphatic rings. The molecule has 0 spiro atoms. The Hall–Kier alpha value is -2.91. The lowest BCUT2D eigenvalue weighted by molar-refractivity contribution is -0.130. The number of ether oxygens (including phenoxy) is 1. The van der Waals surface area contributed by atoms with Crippen LogP contribution in [0.3, 0.4) is 0 Å². The predicted octanol–water partition coefficient (Wildman–Crippen LogP) is 2.48. The lowest BCUT2D eigenvalue weighted by Crippen LogP contribution is -2.32. The minimum atomic E-state index is -3.62. The highest BCUT2D eigenvalue weighted by Crippen LogP contribution is 2.17. The van der Waals surface area contributed by atoms with Crippen molar-refractivity contribution in [3.63, 3.8) is 0 Å². The first-order valence-electron chi connectivity index (χ1n) is 9.49. The number of nitrogens with zero attached hydrogens (tertiary/aromatic N) is 1. The van der Waals surface area contributed by atoms with E-state index in [-0.39, 0.29) is 29.4 Å². The normalized spacial score (nSPS) is 12.1. The first-order valence-corrected chi connectivity index (χ1v) is 11.0. The number of benzene rings is 2. The lowest BCUT2D eigenvalue weighted by Gasteiger charge is -2.13. The van der Waals surface area contributed by atoms with Crippen molar-refractivity contribution in [2.45, 2.75) is 31.2 Å². The van der Waals surface area contributed by atoms with Gasteiger partial charge in [0.05, 0.1) is 4.90 Å². The molecule has 2 aromatic rings. The molecule has 1 atom stereocenters. The van der Waals surface area contributed by atoms with E-state index in [4.69, 9.17) is 4.74 Å². The Labute approximate surface area is 177 Å². The van der Waals surface area contributed by atoms with Gasteiger partial charge in [0, 0.05) is 31.4 Å². The molecule has 0 saturated heterocycles. The second kappa shape index (κ2) is 10.2. The van der Waals surface area contributed by atoms with E-state index < -0.39 is 10.0 Å². The van der Waals surface area contributed by atoms with Crippen molar-refractivity contribution in [3.8, 4) is 5.75 Å². The van der Waals surface area contributed by atoms with Crippen molar-refractivity contribution in [2.75, 3.05) is 26.0 Å². The van der Waals surface area contributed by atoms with E-state index >= 15 is 0 Å². The van der Waals surface area contributed by atoms with Crippen LogP contribution in [-0.4, -0.2) is 51.9 Å². The molecule has 0 bridgehead atoms. The fraction of sp³-hybridized carbons (Fsp3) is 0.333. The van der Waals surface area contributed by atoms with Gasteiger partial charge in [0.1, 0.15) is 5.75 Å². The van der Waals surface area contributed by atoms with Gasteiger partial charge in [0.25, 0.3) is 11.8 Å². The van der Waals surface area contributed by atoms with Gasteiger partial charge in [-0.2, -0.15) is 0 Å². The molecule has 8 nitrogen and oxygen atoms in total. The summed E-state index contributed by atoms with van der Waals surface area (Å²) in [6.45, 7) is 3.61. The van der Waals surface area contributed by atoms with Crippen LogP contribution in [0, 0.1) is 0 Å². The van der Waals surface area contributed by atoms with Crippen LogP contribution in [0.15, 0.2) is 53.4 Å². The minimum absolute atomic E-state index is 0.0696. The van der Waals surface area contributed by atoms with Gasteiger partial charge in [-0.1, -0.05) is 6.92 Å². The molecule has 162 valence electrons. The van der Waals surface area contributed by atoms with E-state index in [9.17, 15) is 18.0 Å². The van der Waals surface area contributed by atoms with Gasteiger partial charge in [-0.3, -0.25) is 9.59 Å². The third-order valence-corrected chi connectivity index (χ3v) is 5.97. The Kier molecular flexibility index (Phi) is 7.96. The highest BCUT2D eigenvalue weighted by Gasteiger charge is 2.17. The average molecular weight is 434 g/mol. The fourth-order valence-electron chi connectivity index (χ4n) is 2.31. The van der Waals surface area contributed by atoms with Crippen molar-refractivity contribution in [1.82, 2.24) is 9.62 Å². The third kappa shape index (κ3) is 6.57. The summed E-state index contributed by atoms with van der Waals surface area (Å²) in [5, 5.41) is 2.73. The lowest BCUT2D eigenvalue weighted by atomic mass is 10.2. The van der Waals surface area contributed by atoms with Gasteiger partial charge in [-0.25, -0.2) is 13.1 Å². The Balaban J connectivity index is 1.98. The van der Waals surface area contributed by atoms with E-state index in [1.807, 2.05) is 6.92 Å². The average Bonchev–Trinajstić information content (AvgIpc) is 2.72. The smallest absolute Gasteiger partial charge is 0.259 e. The standard InChI is InChI=1S/C21H27N3O5S/c1-5-15(2)23-30(27,28)19-12-6-16(7-13-19)21(26)22-17-8-10-18(11-9-17)29-14-20(25)24(3)4/h6-13,15,23H,5,14H2,1-4H3,(H,22,26). The zero-order valence-electron chi connectivity index (χ0n) is 17.5. The molecule has 0 aliphatic carbocycles. The van der Waals surface area contributed by atoms with Gasteiger partial charge in [-0.15, -0.1) is 0 Å². The van der Waals surface area contributed by atoms with Crippen molar-refractivity contribution >= 4 is 27.5 Å². The molecule has 2 N–H and O–H groups in total. The van der Waals surface area contributed by atoms with Gasteiger partial charge in [0.2, 0.25) is 10.0 Å². The molecule has 0 radical (unpaired) electrons. The molecular formula is C21H27N3O5S. The summed E-state index contributed by atoms with van der Waals surface area (Å²) in [7, 11) is -0.323. The monoisotopic (exact) mass is 433 g/mol. The van der Waals surface area contributed by atoms with Crippen LogP contribution in [0.1, 0.15) is 30.6 Å². The Morgan fingerprint density at radius 2 is 1.63 bits per heavy atom. The van der Waals surface area contributed by atoms with Crippen LogP contribution in [0.4, 0.5) is 5.69 Å². The highest BCUT2D eigenvalue weighted by molar-refractivity contribution is 7.89. The molecule has 2 aromatic carbocycles. The molecular weight excluding hydrogens is 406 g/mol. The minimum Gasteiger partial charge on any atom is -0.484 e. The Bertz CT molecular complexity index is 971. The zero-order chi connectivity index (χ0) is 22.3. The van der Waals surface area contributed by atoms with E-state index in [2.05, 4.69) is 10.0 Å². The molecule has 0 aromatic heterocycles. The molecule has 9 heteroatoms. The number of anilines is 1. The zero-order valence-corrected chi connectivity index (χ0v) is 18.3. The maximum absolute atomic E-state index is 12.4. The number of amides is 2. The largest absolute Gasteiger partial charge is 0.484 e. The summed E-state index contributed by atoms with van der Waals surface area (Å²) in [4.78, 5) is 25.5. The van der Waals surface area contributed by atoms with Crippen molar-refractivity contribution < 1.29 is 22.7 Å². The van der Waals surface area contributed by atoms with Crippen LogP contribution < -0.4 is 14.8 Å². The van der Waals surface area contributed by atoms with Crippen LogP contribution in [-0.2, 0) is 14.8 Å². The second-order valence-corrected chi connectivity index (χ2v) is 8.72. The van der Waals surface area contributed by atoms with Gasteiger partial charge < -0.3 is 15.0 Å². The quantitative estimate of drug-likeness (QED) is 0.632. The van der Waals surface area contributed by atoms with Crippen molar-refractivity contribution in [1.29, 1.82) is 0 Å². The summed E-state index contributed by atoms with van der Waals surface area (Å²) in [6, 6.07) is 12.2. The maximum atomic E-state index is 12.4. The number of sulfonamides is 1. The molecule has 30 heavy (non-hydrogen) atoms. The topological polar surface area (TPSA) is 105 Å². The van der Waals surface area contributed by atoms with Gasteiger partial charge in [-0.05, 0) is 61.9 Å². The first-order chi connectivity index (χ1) is 14.1. The molecule has 0 fully saturated rings. The number of nitrogens with one attached hydrogen (secondary N) is 2. The first kappa shape index (κ1) is 23.4. The summed E-state index contributed by atoms with van der Waals surface area (Å²) in [6.07, 6.45) is 0.676. The second-order valence-electron chi connectivity index (χ2n) is 7.01. The Morgan fingerprint density at radius 3 is 2.17 bits per heavy atom. The molecule has 2 amide bonds. The van der Waals surface area contributed by atoms with Crippen molar-refractivity contribution in [3.05, 3.63) is 54.1 Å². The van der Waals surface area contributed by atoms with Gasteiger partial charge in [0.15, 0.2) is 6.61 Å². The van der Waals surface area contributed by atoms with Crippen LogP contribution in [0.5, 0.6) is 5.75 Å². The number of carbonyl (C=O) groups excluding carboxylic acids is 2. The van der Waals surface area contributed by atoms with Crippen LogP contribution in [0.25, 0.3) is 0 Å². The van der Waals surface area contributed by atoms with Crippen LogP contribution in [0.2, 0.25) is 0 Å². The number of rotatable bonds is 9. The summed E-state index contributed by atoms with van der Waals surface area (Å²) >= 11 is 0. The van der Waals surface area contributed by atoms with E-state index in [0.29, 0.717) is 23.4 Å². The highest BCUT2D eigenvalue weighted by atomic mass is 32.2. The number of hydrogen-bond donors (Lipinski definition) is 2. The van der Waals surface area contributed by atoms with E-state index in [0.717, 1.165) is 0 Å². The SMILES string of the molecule is CCC(C)NS(=O)(=O)c1ccc(C(=O)Nc2ccc(OCC(=O)N(C)C)cc2)cc1.